The van der Waals surface area contributed by atoms with Gasteiger partial charge in [-0.3, -0.25) is 0 Å². The number of rotatable bonds is 7. The molecular formula is C22H32N2O3+2. The van der Waals surface area contributed by atoms with Crippen LogP contribution in [-0.2, 0) is 13.1 Å². The summed E-state index contributed by atoms with van der Waals surface area (Å²) in [6, 6.07) is 12.9. The summed E-state index contributed by atoms with van der Waals surface area (Å²) in [5, 5.41) is 0. The number of aryl methyl sites for hydroxylation is 1. The van der Waals surface area contributed by atoms with Crippen molar-refractivity contribution in [1.29, 1.82) is 0 Å². The van der Waals surface area contributed by atoms with Crippen LogP contribution in [0.1, 0.15) is 16.7 Å². The molecular weight excluding hydrogens is 340 g/mol. The highest BCUT2D eigenvalue weighted by molar-refractivity contribution is 5.50. The van der Waals surface area contributed by atoms with Gasteiger partial charge in [-0.1, -0.05) is 29.8 Å². The van der Waals surface area contributed by atoms with Gasteiger partial charge in [-0.05, 0) is 13.0 Å². The molecule has 0 aromatic heterocycles. The van der Waals surface area contributed by atoms with E-state index in [4.69, 9.17) is 14.2 Å². The van der Waals surface area contributed by atoms with Crippen LogP contribution in [0.25, 0.3) is 0 Å². The summed E-state index contributed by atoms with van der Waals surface area (Å²) in [7, 11) is 5.04. The van der Waals surface area contributed by atoms with Gasteiger partial charge < -0.3 is 24.0 Å². The molecule has 1 aliphatic heterocycles. The molecule has 2 aromatic carbocycles. The maximum Gasteiger partial charge on any atom is 0.164 e. The van der Waals surface area contributed by atoms with Crippen molar-refractivity contribution in [3.63, 3.8) is 0 Å². The van der Waals surface area contributed by atoms with Gasteiger partial charge in [0.1, 0.15) is 45.0 Å². The van der Waals surface area contributed by atoms with E-state index in [1.165, 1.54) is 42.9 Å². The first-order chi connectivity index (χ1) is 13.1. The molecule has 2 aromatic rings. The summed E-state index contributed by atoms with van der Waals surface area (Å²) in [5.41, 5.74) is 3.96. The molecule has 0 amide bonds. The molecule has 146 valence electrons. The molecule has 3 rings (SSSR count). The molecule has 0 aliphatic carbocycles. The highest BCUT2D eigenvalue weighted by Gasteiger charge is 2.25. The van der Waals surface area contributed by atoms with E-state index in [0.717, 1.165) is 24.6 Å². The molecule has 0 spiro atoms. The van der Waals surface area contributed by atoms with E-state index in [1.54, 1.807) is 31.1 Å². The van der Waals surface area contributed by atoms with Crippen LogP contribution in [0.2, 0.25) is 0 Å². The zero-order valence-corrected chi connectivity index (χ0v) is 16.9. The Morgan fingerprint density at radius 3 is 1.93 bits per heavy atom. The topological polar surface area (TPSA) is 36.6 Å². The first-order valence-electron chi connectivity index (χ1n) is 9.64. The van der Waals surface area contributed by atoms with Gasteiger partial charge in [0.05, 0.1) is 26.9 Å². The maximum atomic E-state index is 5.59. The van der Waals surface area contributed by atoms with E-state index < -0.39 is 0 Å². The number of piperazine rings is 1. The van der Waals surface area contributed by atoms with E-state index in [-0.39, 0.29) is 0 Å². The standard InChI is InChI=1S/C22H30N2O3/c1-17-6-5-7-18(12-17)15-23-8-10-24(11-9-23)16-19-13-21(26-3)22(27-4)14-20(19)25-2/h5-7,12-14H,8-11,15-16H2,1-4H3/p+2. The van der Waals surface area contributed by atoms with E-state index in [9.17, 15) is 0 Å². The van der Waals surface area contributed by atoms with Gasteiger partial charge in [-0.2, -0.15) is 0 Å². The van der Waals surface area contributed by atoms with Gasteiger partial charge in [0, 0.05) is 11.6 Å². The molecule has 1 saturated heterocycles. The molecule has 1 aliphatic rings. The SMILES string of the molecule is COc1cc(OC)c(OC)cc1C[NH+]1CC[NH+](Cc2cccc(C)c2)CC1. The van der Waals surface area contributed by atoms with Crippen molar-refractivity contribution in [3.8, 4) is 17.2 Å². The third-order valence-electron chi connectivity index (χ3n) is 5.43. The first kappa shape index (κ1) is 19.5. The fraction of sp³-hybridized carbons (Fsp3) is 0.455. The Hall–Kier alpha value is -2.24. The molecule has 2 N–H and O–H groups in total. The minimum absolute atomic E-state index is 0.709. The molecule has 1 fully saturated rings. The van der Waals surface area contributed by atoms with E-state index in [2.05, 4.69) is 37.3 Å². The van der Waals surface area contributed by atoms with Crippen molar-refractivity contribution in [2.45, 2.75) is 20.0 Å². The lowest BCUT2D eigenvalue weighted by Gasteiger charge is -2.30. The maximum absolute atomic E-state index is 5.59. The third kappa shape index (κ3) is 4.93. The van der Waals surface area contributed by atoms with Crippen molar-refractivity contribution in [3.05, 3.63) is 53.1 Å². The summed E-state index contributed by atoms with van der Waals surface area (Å²) in [5.74, 6) is 2.34. The monoisotopic (exact) mass is 372 g/mol. The van der Waals surface area contributed by atoms with Crippen LogP contribution < -0.4 is 24.0 Å². The molecule has 5 nitrogen and oxygen atoms in total. The highest BCUT2D eigenvalue weighted by atomic mass is 16.5. The lowest BCUT2D eigenvalue weighted by molar-refractivity contribution is -1.02. The van der Waals surface area contributed by atoms with Gasteiger partial charge in [0.2, 0.25) is 0 Å². The average molecular weight is 373 g/mol. The molecule has 1 heterocycles. The van der Waals surface area contributed by atoms with Crippen molar-refractivity contribution in [2.75, 3.05) is 47.5 Å². The Balaban J connectivity index is 1.60. The number of hydrogen-bond acceptors (Lipinski definition) is 3. The summed E-state index contributed by atoms with van der Waals surface area (Å²) in [4.78, 5) is 3.26. The van der Waals surface area contributed by atoms with Crippen molar-refractivity contribution < 1.29 is 24.0 Å². The van der Waals surface area contributed by atoms with Crippen molar-refractivity contribution in [1.82, 2.24) is 0 Å². The van der Waals surface area contributed by atoms with Crippen molar-refractivity contribution in [2.24, 2.45) is 0 Å². The molecule has 0 atom stereocenters. The van der Waals surface area contributed by atoms with Crippen LogP contribution in [0.3, 0.4) is 0 Å². The summed E-state index contributed by atoms with van der Waals surface area (Å²) >= 11 is 0. The molecule has 27 heavy (non-hydrogen) atoms. The van der Waals surface area contributed by atoms with Gasteiger partial charge in [-0.15, -0.1) is 0 Å². The van der Waals surface area contributed by atoms with Gasteiger partial charge >= 0.3 is 0 Å². The number of nitrogens with one attached hydrogen (secondary N) is 2. The Kier molecular flexibility index (Phi) is 6.58. The fourth-order valence-corrected chi connectivity index (χ4v) is 3.92. The van der Waals surface area contributed by atoms with Crippen LogP contribution in [0.15, 0.2) is 36.4 Å². The van der Waals surface area contributed by atoms with Gasteiger partial charge in [0.15, 0.2) is 11.5 Å². The number of ether oxygens (including phenoxy) is 3. The first-order valence-corrected chi connectivity index (χ1v) is 9.64. The summed E-state index contributed by atoms with van der Waals surface area (Å²) < 4.78 is 16.4. The highest BCUT2D eigenvalue weighted by Crippen LogP contribution is 2.34. The van der Waals surface area contributed by atoms with Crippen LogP contribution in [0, 0.1) is 6.92 Å². The zero-order chi connectivity index (χ0) is 19.2. The molecule has 0 unspecified atom stereocenters. The lowest BCUT2D eigenvalue weighted by atomic mass is 10.1. The second-order valence-electron chi connectivity index (χ2n) is 7.36. The number of methoxy groups -OCH3 is 3. The largest absolute Gasteiger partial charge is 0.496 e. The Morgan fingerprint density at radius 1 is 0.741 bits per heavy atom. The summed E-state index contributed by atoms with van der Waals surface area (Å²) in [6.45, 7) is 8.95. The Bertz CT molecular complexity index is 755. The average Bonchev–Trinajstić information content (AvgIpc) is 2.69. The smallest absolute Gasteiger partial charge is 0.164 e. The predicted octanol–water partition coefficient (Wildman–Crippen LogP) is 0.504. The minimum atomic E-state index is 0.709. The normalized spacial score (nSPS) is 19.6. The lowest BCUT2D eigenvalue weighted by Crippen LogP contribution is -3.27. The van der Waals surface area contributed by atoms with Crippen LogP contribution in [0.5, 0.6) is 17.2 Å². The fourth-order valence-electron chi connectivity index (χ4n) is 3.92. The van der Waals surface area contributed by atoms with Gasteiger partial charge in [0.25, 0.3) is 0 Å². The zero-order valence-electron chi connectivity index (χ0n) is 16.9. The van der Waals surface area contributed by atoms with Crippen LogP contribution in [0.4, 0.5) is 0 Å². The van der Waals surface area contributed by atoms with Crippen molar-refractivity contribution >= 4 is 0 Å². The van der Waals surface area contributed by atoms with E-state index in [0.29, 0.717) is 5.75 Å². The van der Waals surface area contributed by atoms with Crippen LogP contribution in [-0.4, -0.2) is 47.5 Å². The molecule has 0 saturated carbocycles. The van der Waals surface area contributed by atoms with E-state index >= 15 is 0 Å². The molecule has 0 bridgehead atoms. The number of benzene rings is 2. The molecule has 5 heteroatoms. The number of hydrogen-bond donors (Lipinski definition) is 2. The number of quaternary nitrogens is 2. The minimum Gasteiger partial charge on any atom is -0.496 e. The molecule has 0 radical (unpaired) electrons. The summed E-state index contributed by atoms with van der Waals surface area (Å²) in [6.07, 6.45) is 0. The quantitative estimate of drug-likeness (QED) is 0.743. The Morgan fingerprint density at radius 2 is 1.33 bits per heavy atom. The second-order valence-corrected chi connectivity index (χ2v) is 7.36. The third-order valence-corrected chi connectivity index (χ3v) is 5.43. The van der Waals surface area contributed by atoms with E-state index in [1.807, 2.05) is 6.07 Å². The predicted molar refractivity (Wildman–Crippen MR) is 106 cm³/mol. The second kappa shape index (κ2) is 9.11. The van der Waals surface area contributed by atoms with Crippen LogP contribution >= 0.6 is 0 Å². The van der Waals surface area contributed by atoms with Gasteiger partial charge in [-0.25, -0.2) is 0 Å². The Labute approximate surface area is 162 Å².